The average molecular weight is 495 g/mol. The largest absolute Gasteiger partial charge is 0.254 e. The second kappa shape index (κ2) is 8.96. The molecule has 0 aliphatic rings. The molecular formula is C30H18N6S. The van der Waals surface area contributed by atoms with E-state index in [1.165, 1.54) is 4.70 Å². The van der Waals surface area contributed by atoms with E-state index in [4.69, 9.17) is 19.9 Å². The molecule has 0 N–H and O–H groups in total. The highest BCUT2D eigenvalue weighted by Crippen LogP contribution is 2.37. The summed E-state index contributed by atoms with van der Waals surface area (Å²) in [5, 5.41) is 1.13. The average Bonchev–Trinajstić information content (AvgIpc) is 3.37. The molecule has 3 aromatic carbocycles. The topological polar surface area (TPSA) is 77.3 Å². The van der Waals surface area contributed by atoms with Crippen LogP contribution in [0.5, 0.6) is 0 Å². The van der Waals surface area contributed by atoms with Gasteiger partial charge in [0, 0.05) is 33.0 Å². The molecule has 0 spiro atoms. The third-order valence-corrected chi connectivity index (χ3v) is 7.29. The van der Waals surface area contributed by atoms with E-state index in [9.17, 15) is 0 Å². The van der Waals surface area contributed by atoms with Crippen molar-refractivity contribution < 1.29 is 0 Å². The Labute approximate surface area is 216 Å². The first-order chi connectivity index (χ1) is 18.3. The second-order valence-corrected chi connectivity index (χ2v) is 9.52. The van der Waals surface area contributed by atoms with Gasteiger partial charge in [-0.05, 0) is 18.2 Å². The van der Waals surface area contributed by atoms with E-state index in [0.29, 0.717) is 17.5 Å². The summed E-state index contributed by atoms with van der Waals surface area (Å²) in [7, 11) is 0. The molecule has 0 atom stereocenters. The van der Waals surface area contributed by atoms with Crippen LogP contribution in [0.25, 0.3) is 65.9 Å². The first-order valence-corrected chi connectivity index (χ1v) is 12.6. The number of thiophene rings is 1. The molecule has 37 heavy (non-hydrogen) atoms. The zero-order chi connectivity index (χ0) is 24.6. The molecule has 6 nitrogen and oxygen atoms in total. The molecular weight excluding hydrogens is 476 g/mol. The van der Waals surface area contributed by atoms with Crippen molar-refractivity contribution in [2.75, 3.05) is 0 Å². The number of benzene rings is 3. The fourth-order valence-corrected chi connectivity index (χ4v) is 5.46. The van der Waals surface area contributed by atoms with Gasteiger partial charge in [-0.1, -0.05) is 78.9 Å². The van der Waals surface area contributed by atoms with Crippen molar-refractivity contribution in [2.45, 2.75) is 0 Å². The Bertz CT molecular complexity index is 1810. The van der Waals surface area contributed by atoms with Crippen LogP contribution in [0.3, 0.4) is 0 Å². The van der Waals surface area contributed by atoms with Crippen molar-refractivity contribution in [3.63, 3.8) is 0 Å². The summed E-state index contributed by atoms with van der Waals surface area (Å²) < 4.78 is 2.21. The molecule has 0 unspecified atom stereocenters. The van der Waals surface area contributed by atoms with Crippen LogP contribution in [0, 0.1) is 0 Å². The normalized spacial score (nSPS) is 11.2. The molecule has 4 aromatic heterocycles. The van der Waals surface area contributed by atoms with Gasteiger partial charge in [-0.2, -0.15) is 0 Å². The van der Waals surface area contributed by atoms with Gasteiger partial charge in [0.15, 0.2) is 17.5 Å². The van der Waals surface area contributed by atoms with Crippen molar-refractivity contribution in [3.8, 4) is 45.6 Å². The number of rotatable bonds is 4. The SMILES string of the molecule is c1ccc(-c2nc(-c3ccccc3)nc(-c3ccc(-c4ncnc5c4sc4ccccc45)nc3)n2)cc1. The van der Waals surface area contributed by atoms with Crippen LogP contribution >= 0.6 is 11.3 Å². The maximum atomic E-state index is 4.79. The van der Waals surface area contributed by atoms with Crippen LogP contribution in [0.15, 0.2) is 110 Å². The van der Waals surface area contributed by atoms with Gasteiger partial charge in [0.05, 0.1) is 15.9 Å². The van der Waals surface area contributed by atoms with Crippen LogP contribution in [-0.4, -0.2) is 29.9 Å². The highest BCUT2D eigenvalue weighted by atomic mass is 32.1. The fourth-order valence-electron chi connectivity index (χ4n) is 4.31. The first kappa shape index (κ1) is 21.4. The van der Waals surface area contributed by atoms with E-state index in [1.807, 2.05) is 84.9 Å². The molecule has 0 saturated carbocycles. The summed E-state index contributed by atoms with van der Waals surface area (Å²) in [6, 6.07) is 32.1. The minimum atomic E-state index is 0.571. The summed E-state index contributed by atoms with van der Waals surface area (Å²) in [5.41, 5.74) is 5.23. The van der Waals surface area contributed by atoms with Crippen molar-refractivity contribution in [3.05, 3.63) is 110 Å². The Hall–Kier alpha value is -4.88. The molecule has 4 heterocycles. The molecule has 0 fully saturated rings. The van der Waals surface area contributed by atoms with Crippen molar-refractivity contribution in [1.29, 1.82) is 0 Å². The Kier molecular flexibility index (Phi) is 5.19. The number of hydrogen-bond acceptors (Lipinski definition) is 7. The Morgan fingerprint density at radius 3 is 1.78 bits per heavy atom. The van der Waals surface area contributed by atoms with Gasteiger partial charge >= 0.3 is 0 Å². The molecule has 174 valence electrons. The maximum Gasteiger partial charge on any atom is 0.165 e. The standard InChI is InChI=1S/C30H18N6S/c1-3-9-19(10-4-1)28-34-29(20-11-5-2-6-12-20)36-30(35-28)21-15-16-23(31-17-21)26-27-25(32-18-33-26)22-13-7-8-14-24(22)37-27/h1-18H. The third kappa shape index (κ3) is 3.91. The highest BCUT2D eigenvalue weighted by Gasteiger charge is 2.15. The number of fused-ring (bicyclic) bond motifs is 3. The number of hydrogen-bond donors (Lipinski definition) is 0. The van der Waals surface area contributed by atoms with E-state index in [1.54, 1.807) is 23.9 Å². The van der Waals surface area contributed by atoms with E-state index in [0.717, 1.165) is 43.7 Å². The van der Waals surface area contributed by atoms with Gasteiger partial charge in [0.25, 0.3) is 0 Å². The zero-order valence-corrected chi connectivity index (χ0v) is 20.3. The molecule has 0 radical (unpaired) electrons. The van der Waals surface area contributed by atoms with Crippen molar-refractivity contribution in [2.24, 2.45) is 0 Å². The molecule has 7 rings (SSSR count). The molecule has 0 aliphatic carbocycles. The lowest BCUT2D eigenvalue weighted by atomic mass is 10.1. The van der Waals surface area contributed by atoms with Gasteiger partial charge < -0.3 is 0 Å². The fraction of sp³-hybridized carbons (Fsp3) is 0. The van der Waals surface area contributed by atoms with Gasteiger partial charge in [0.2, 0.25) is 0 Å². The third-order valence-electron chi connectivity index (χ3n) is 6.12. The van der Waals surface area contributed by atoms with Gasteiger partial charge in [-0.15, -0.1) is 11.3 Å². The highest BCUT2D eigenvalue weighted by molar-refractivity contribution is 7.26. The molecule has 0 bridgehead atoms. The minimum Gasteiger partial charge on any atom is -0.254 e. The lowest BCUT2D eigenvalue weighted by Gasteiger charge is -2.08. The Morgan fingerprint density at radius 1 is 0.514 bits per heavy atom. The van der Waals surface area contributed by atoms with Crippen LogP contribution < -0.4 is 0 Å². The summed E-state index contributed by atoms with van der Waals surface area (Å²) in [6.07, 6.45) is 3.41. The van der Waals surface area contributed by atoms with Gasteiger partial charge in [0.1, 0.15) is 12.0 Å². The van der Waals surface area contributed by atoms with E-state index < -0.39 is 0 Å². The number of aromatic nitrogens is 6. The molecule has 0 saturated heterocycles. The maximum absolute atomic E-state index is 4.79. The zero-order valence-electron chi connectivity index (χ0n) is 19.5. The first-order valence-electron chi connectivity index (χ1n) is 11.8. The van der Waals surface area contributed by atoms with Crippen LogP contribution in [0.4, 0.5) is 0 Å². The second-order valence-electron chi connectivity index (χ2n) is 8.47. The number of pyridine rings is 1. The van der Waals surface area contributed by atoms with Crippen LogP contribution in [0.2, 0.25) is 0 Å². The van der Waals surface area contributed by atoms with Gasteiger partial charge in [-0.25, -0.2) is 24.9 Å². The van der Waals surface area contributed by atoms with Crippen LogP contribution in [0.1, 0.15) is 0 Å². The van der Waals surface area contributed by atoms with Crippen molar-refractivity contribution >= 4 is 31.6 Å². The quantitative estimate of drug-likeness (QED) is 0.260. The van der Waals surface area contributed by atoms with Crippen LogP contribution in [-0.2, 0) is 0 Å². The van der Waals surface area contributed by atoms with E-state index in [-0.39, 0.29) is 0 Å². The van der Waals surface area contributed by atoms with Gasteiger partial charge in [-0.3, -0.25) is 4.98 Å². The van der Waals surface area contributed by atoms with E-state index in [2.05, 4.69) is 22.1 Å². The molecule has 0 aliphatic heterocycles. The van der Waals surface area contributed by atoms with E-state index >= 15 is 0 Å². The summed E-state index contributed by atoms with van der Waals surface area (Å²) in [4.78, 5) is 28.2. The smallest absolute Gasteiger partial charge is 0.165 e. The Balaban J connectivity index is 1.33. The minimum absolute atomic E-state index is 0.571. The molecule has 0 amide bonds. The lowest BCUT2D eigenvalue weighted by Crippen LogP contribution is -2.00. The number of nitrogens with zero attached hydrogens (tertiary/aromatic N) is 6. The summed E-state index contributed by atoms with van der Waals surface area (Å²) >= 11 is 1.68. The predicted octanol–water partition coefficient (Wildman–Crippen LogP) is 7.09. The molecule has 7 heteroatoms. The molecule has 7 aromatic rings. The monoisotopic (exact) mass is 494 g/mol. The summed E-state index contributed by atoms with van der Waals surface area (Å²) in [5.74, 6) is 1.81. The lowest BCUT2D eigenvalue weighted by molar-refractivity contribution is 1.07. The van der Waals surface area contributed by atoms with Crippen molar-refractivity contribution in [1.82, 2.24) is 29.9 Å². The predicted molar refractivity (Wildman–Crippen MR) is 148 cm³/mol. The Morgan fingerprint density at radius 2 is 1.14 bits per heavy atom. The summed E-state index contributed by atoms with van der Waals surface area (Å²) in [6.45, 7) is 0.